The number of hydrogen-bond acceptors (Lipinski definition) is 2. The number of nitrogens with two attached hydrogens (primary N) is 1. The van der Waals surface area contributed by atoms with Gasteiger partial charge in [-0.2, -0.15) is 24.5 Å². The second kappa shape index (κ2) is 5.12. The molecule has 0 bridgehead atoms. The van der Waals surface area contributed by atoms with Gasteiger partial charge in [0.2, 0.25) is 0 Å². The van der Waals surface area contributed by atoms with Gasteiger partial charge >= 0.3 is 6.18 Å². The smallest absolute Gasteiger partial charge is 0.324 e. The molecule has 1 aromatic heterocycles. The molecule has 1 unspecified atom stereocenters. The monoisotopic (exact) mass is 271 g/mol. The Hall–Kier alpha value is -1.33. The molecule has 0 aliphatic carbocycles. The van der Waals surface area contributed by atoms with Gasteiger partial charge in [0.1, 0.15) is 0 Å². The van der Waals surface area contributed by atoms with E-state index in [1.54, 1.807) is 0 Å². The highest BCUT2D eigenvalue weighted by molar-refractivity contribution is 7.08. The van der Waals surface area contributed by atoms with E-state index >= 15 is 0 Å². The zero-order valence-electron chi connectivity index (χ0n) is 9.45. The lowest BCUT2D eigenvalue weighted by atomic mass is 9.99. The molecule has 0 radical (unpaired) electrons. The molecule has 0 amide bonds. The van der Waals surface area contributed by atoms with Crippen molar-refractivity contribution in [1.29, 1.82) is 0 Å². The standard InChI is InChI=1S/C13H12F3NS/c14-13(15,16)11-8-18-7-10(11)12(17)6-9-4-2-1-3-5-9/h1-5,7-8,12H,6,17H2. The molecule has 1 aromatic carbocycles. The maximum absolute atomic E-state index is 12.7. The van der Waals surface area contributed by atoms with Crippen molar-refractivity contribution in [2.75, 3.05) is 0 Å². The number of hydrogen-bond donors (Lipinski definition) is 1. The lowest BCUT2D eigenvalue weighted by molar-refractivity contribution is -0.138. The minimum absolute atomic E-state index is 0.177. The summed E-state index contributed by atoms with van der Waals surface area (Å²) in [6, 6.07) is 8.65. The Morgan fingerprint density at radius 2 is 1.78 bits per heavy atom. The Kier molecular flexibility index (Phi) is 3.73. The van der Waals surface area contributed by atoms with Crippen LogP contribution in [-0.4, -0.2) is 0 Å². The fraction of sp³-hybridized carbons (Fsp3) is 0.231. The van der Waals surface area contributed by atoms with Gasteiger partial charge in [0.25, 0.3) is 0 Å². The SMILES string of the molecule is NC(Cc1ccccc1)c1cscc1C(F)(F)F. The summed E-state index contributed by atoms with van der Waals surface area (Å²) >= 11 is 1.03. The molecule has 0 saturated heterocycles. The third kappa shape index (κ3) is 2.91. The maximum Gasteiger partial charge on any atom is 0.417 e. The minimum atomic E-state index is -4.33. The molecule has 2 N–H and O–H groups in total. The Morgan fingerprint density at radius 1 is 1.11 bits per heavy atom. The molecule has 1 atom stereocenters. The van der Waals surface area contributed by atoms with Crippen molar-refractivity contribution in [3.63, 3.8) is 0 Å². The summed E-state index contributed by atoms with van der Waals surface area (Å²) in [6.07, 6.45) is -3.93. The second-order valence-electron chi connectivity index (χ2n) is 4.03. The van der Waals surface area contributed by atoms with Crippen LogP contribution in [0.3, 0.4) is 0 Å². The van der Waals surface area contributed by atoms with Crippen LogP contribution in [0.15, 0.2) is 41.1 Å². The van der Waals surface area contributed by atoms with E-state index in [0.717, 1.165) is 22.3 Å². The summed E-state index contributed by atoms with van der Waals surface area (Å²) in [6.45, 7) is 0. The molecule has 18 heavy (non-hydrogen) atoms. The van der Waals surface area contributed by atoms with Crippen molar-refractivity contribution in [3.8, 4) is 0 Å². The van der Waals surface area contributed by atoms with Gasteiger partial charge in [-0.15, -0.1) is 0 Å². The van der Waals surface area contributed by atoms with E-state index in [2.05, 4.69) is 0 Å². The summed E-state index contributed by atoms with van der Waals surface area (Å²) in [4.78, 5) is 0. The third-order valence-electron chi connectivity index (χ3n) is 2.70. The van der Waals surface area contributed by atoms with Gasteiger partial charge in [-0.1, -0.05) is 30.3 Å². The molecule has 96 valence electrons. The molecule has 0 saturated carbocycles. The lowest BCUT2D eigenvalue weighted by Crippen LogP contribution is -2.17. The maximum atomic E-state index is 12.7. The van der Waals surface area contributed by atoms with Crippen LogP contribution in [0.25, 0.3) is 0 Å². The molecular formula is C13H12F3NS. The summed E-state index contributed by atoms with van der Waals surface area (Å²) in [5, 5.41) is 2.59. The van der Waals surface area contributed by atoms with Gasteiger partial charge in [0.05, 0.1) is 5.56 Å². The van der Waals surface area contributed by atoms with Crippen LogP contribution < -0.4 is 5.73 Å². The van der Waals surface area contributed by atoms with Crippen LogP contribution in [0, 0.1) is 0 Å². The molecule has 0 aliphatic rings. The minimum Gasteiger partial charge on any atom is -0.324 e. The van der Waals surface area contributed by atoms with Crippen LogP contribution in [0.4, 0.5) is 13.2 Å². The topological polar surface area (TPSA) is 26.0 Å². The first-order valence-electron chi connectivity index (χ1n) is 5.41. The number of alkyl halides is 3. The Balaban J connectivity index is 2.20. The average molecular weight is 271 g/mol. The van der Waals surface area contributed by atoms with Gasteiger partial charge in [-0.25, -0.2) is 0 Å². The van der Waals surface area contributed by atoms with Crippen molar-refractivity contribution in [3.05, 3.63) is 57.8 Å². The van der Waals surface area contributed by atoms with E-state index in [-0.39, 0.29) is 5.56 Å². The molecule has 1 heterocycles. The number of benzene rings is 1. The molecule has 0 aliphatic heterocycles. The van der Waals surface area contributed by atoms with Crippen LogP contribution in [0.2, 0.25) is 0 Å². The van der Waals surface area contributed by atoms with Gasteiger partial charge in [0.15, 0.2) is 0 Å². The van der Waals surface area contributed by atoms with Crippen molar-refractivity contribution >= 4 is 11.3 Å². The largest absolute Gasteiger partial charge is 0.417 e. The molecule has 5 heteroatoms. The molecule has 0 fully saturated rings. The van der Waals surface area contributed by atoms with Gasteiger partial charge in [0, 0.05) is 11.4 Å². The Bertz CT molecular complexity index is 504. The van der Waals surface area contributed by atoms with Crippen LogP contribution in [0.5, 0.6) is 0 Å². The van der Waals surface area contributed by atoms with Gasteiger partial charge in [-0.3, -0.25) is 0 Å². The van der Waals surface area contributed by atoms with Crippen molar-refractivity contribution in [1.82, 2.24) is 0 Å². The first kappa shape index (κ1) is 13.1. The van der Waals surface area contributed by atoms with Crippen LogP contribution in [-0.2, 0) is 12.6 Å². The van der Waals surface area contributed by atoms with E-state index in [1.165, 1.54) is 5.38 Å². The van der Waals surface area contributed by atoms with Crippen molar-refractivity contribution in [2.45, 2.75) is 18.6 Å². The molecule has 2 aromatic rings. The number of thiophene rings is 1. The summed E-state index contributed by atoms with van der Waals surface area (Å²) < 4.78 is 38.2. The normalized spacial score (nSPS) is 13.6. The van der Waals surface area contributed by atoms with E-state index in [0.29, 0.717) is 6.42 Å². The van der Waals surface area contributed by atoms with E-state index in [9.17, 15) is 13.2 Å². The first-order valence-corrected chi connectivity index (χ1v) is 6.35. The van der Waals surface area contributed by atoms with Gasteiger partial charge < -0.3 is 5.73 Å². The zero-order valence-corrected chi connectivity index (χ0v) is 10.3. The van der Waals surface area contributed by atoms with E-state index in [4.69, 9.17) is 5.73 Å². The number of halogens is 3. The fourth-order valence-corrected chi connectivity index (χ4v) is 2.72. The highest BCUT2D eigenvalue weighted by atomic mass is 32.1. The predicted octanol–water partition coefficient (Wildman–Crippen LogP) is 4.01. The van der Waals surface area contributed by atoms with Crippen molar-refractivity contribution < 1.29 is 13.2 Å². The predicted molar refractivity (Wildman–Crippen MR) is 66.4 cm³/mol. The lowest BCUT2D eigenvalue weighted by Gasteiger charge is -2.14. The third-order valence-corrected chi connectivity index (χ3v) is 3.46. The molecule has 0 spiro atoms. The van der Waals surface area contributed by atoms with Gasteiger partial charge in [-0.05, 0) is 22.9 Å². The summed E-state index contributed by atoms with van der Waals surface area (Å²) in [7, 11) is 0. The fourth-order valence-electron chi connectivity index (χ4n) is 1.80. The average Bonchev–Trinajstić information content (AvgIpc) is 2.79. The highest BCUT2D eigenvalue weighted by Gasteiger charge is 2.35. The molecule has 2 rings (SSSR count). The van der Waals surface area contributed by atoms with E-state index < -0.39 is 17.8 Å². The van der Waals surface area contributed by atoms with Crippen LogP contribution in [0.1, 0.15) is 22.7 Å². The molecule has 1 nitrogen and oxygen atoms in total. The second-order valence-corrected chi connectivity index (χ2v) is 4.78. The zero-order chi connectivity index (χ0) is 13.2. The van der Waals surface area contributed by atoms with Crippen molar-refractivity contribution in [2.24, 2.45) is 5.73 Å². The summed E-state index contributed by atoms with van der Waals surface area (Å²) in [5.41, 5.74) is 6.37. The first-order chi connectivity index (χ1) is 8.48. The summed E-state index contributed by atoms with van der Waals surface area (Å²) in [5.74, 6) is 0. The Morgan fingerprint density at radius 3 is 2.39 bits per heavy atom. The molecular weight excluding hydrogens is 259 g/mol. The quantitative estimate of drug-likeness (QED) is 0.896. The van der Waals surface area contributed by atoms with Crippen LogP contribution >= 0.6 is 11.3 Å². The number of rotatable bonds is 3. The Labute approximate surface area is 107 Å². The highest BCUT2D eigenvalue weighted by Crippen LogP contribution is 2.37. The van der Waals surface area contributed by atoms with E-state index in [1.807, 2.05) is 30.3 Å².